The minimum absolute atomic E-state index is 0.172. The van der Waals surface area contributed by atoms with Crippen LogP contribution in [0.15, 0.2) is 4.99 Å². The summed E-state index contributed by atoms with van der Waals surface area (Å²) in [5, 5.41) is 3.18. The van der Waals surface area contributed by atoms with Gasteiger partial charge in [-0.25, -0.2) is 10.8 Å². The Morgan fingerprint density at radius 3 is 2.39 bits per heavy atom. The Morgan fingerprint density at radius 1 is 1.33 bits per heavy atom. The highest BCUT2D eigenvalue weighted by molar-refractivity contribution is 5.79. The Morgan fingerprint density at radius 2 is 1.94 bits per heavy atom. The fourth-order valence-corrected chi connectivity index (χ4v) is 1.76. The molecule has 0 aliphatic carbocycles. The number of hydrogen-bond acceptors (Lipinski definition) is 4. The first-order valence-corrected chi connectivity index (χ1v) is 6.59. The number of hydrazine groups is 1. The number of hydrogen-bond donors (Lipinski definition) is 3. The molecule has 18 heavy (non-hydrogen) atoms. The van der Waals surface area contributed by atoms with Crippen LogP contribution in [0.4, 0.5) is 0 Å². The van der Waals surface area contributed by atoms with Crippen molar-refractivity contribution in [3.63, 3.8) is 0 Å². The third-order valence-corrected chi connectivity index (χ3v) is 2.70. The van der Waals surface area contributed by atoms with E-state index in [4.69, 9.17) is 10.6 Å². The smallest absolute Gasteiger partial charge is 0.206 e. The highest BCUT2D eigenvalue weighted by atomic mass is 16.5. The number of nitrogens with one attached hydrogen (secondary N) is 2. The molecule has 0 amide bonds. The molecule has 0 saturated heterocycles. The second kappa shape index (κ2) is 10.1. The molecular weight excluding hydrogens is 230 g/mol. The molecule has 0 aromatic heterocycles. The first-order chi connectivity index (χ1) is 8.57. The average Bonchev–Trinajstić information content (AvgIpc) is 2.35. The lowest BCUT2D eigenvalue weighted by Crippen LogP contribution is -2.47. The van der Waals surface area contributed by atoms with Gasteiger partial charge in [0.1, 0.15) is 0 Å². The van der Waals surface area contributed by atoms with Gasteiger partial charge in [0, 0.05) is 19.7 Å². The van der Waals surface area contributed by atoms with Gasteiger partial charge in [-0.05, 0) is 26.9 Å². The predicted molar refractivity (Wildman–Crippen MR) is 76.5 cm³/mol. The van der Waals surface area contributed by atoms with E-state index >= 15 is 0 Å². The largest absolute Gasteiger partial charge is 0.383 e. The molecule has 6 heteroatoms. The molecule has 0 bridgehead atoms. The number of rotatable bonds is 8. The van der Waals surface area contributed by atoms with Crippen LogP contribution in [-0.4, -0.2) is 56.3 Å². The van der Waals surface area contributed by atoms with E-state index in [0.717, 1.165) is 19.6 Å². The number of aliphatic imine (C=N–C) groups is 1. The normalized spacial score (nSPS) is 15.6. The average molecular weight is 259 g/mol. The molecule has 0 heterocycles. The van der Waals surface area contributed by atoms with Crippen molar-refractivity contribution in [3.8, 4) is 0 Å². The molecule has 0 aromatic rings. The molecule has 2 atom stereocenters. The van der Waals surface area contributed by atoms with Crippen molar-refractivity contribution in [2.45, 2.75) is 39.8 Å². The third kappa shape index (κ3) is 7.47. The molecule has 0 aliphatic rings. The van der Waals surface area contributed by atoms with Crippen LogP contribution in [0.3, 0.4) is 0 Å². The van der Waals surface area contributed by atoms with E-state index < -0.39 is 0 Å². The van der Waals surface area contributed by atoms with Gasteiger partial charge in [0.15, 0.2) is 0 Å². The number of nitrogens with two attached hydrogens (primary N) is 1. The van der Waals surface area contributed by atoms with Crippen LogP contribution >= 0.6 is 0 Å². The summed E-state index contributed by atoms with van der Waals surface area (Å²) in [6.45, 7) is 12.0. The van der Waals surface area contributed by atoms with Crippen molar-refractivity contribution in [2.75, 3.05) is 33.4 Å². The van der Waals surface area contributed by atoms with Gasteiger partial charge in [0.05, 0.1) is 12.6 Å². The molecule has 2 unspecified atom stereocenters. The lowest BCUT2D eigenvalue weighted by Gasteiger charge is -2.22. The van der Waals surface area contributed by atoms with E-state index in [-0.39, 0.29) is 12.1 Å². The van der Waals surface area contributed by atoms with Crippen molar-refractivity contribution in [1.82, 2.24) is 15.6 Å². The van der Waals surface area contributed by atoms with Crippen molar-refractivity contribution >= 4 is 5.96 Å². The monoisotopic (exact) mass is 259 g/mol. The van der Waals surface area contributed by atoms with Crippen LogP contribution in [0.1, 0.15) is 27.7 Å². The zero-order valence-corrected chi connectivity index (χ0v) is 12.4. The molecular formula is C12H29N5O. The zero-order valence-electron chi connectivity index (χ0n) is 12.4. The quantitative estimate of drug-likeness (QED) is 0.251. The fraction of sp³-hybridized carbons (Fsp3) is 0.917. The SMILES string of the molecule is CCN(CC)CC(C)N=C(NN)NC(C)COC. The van der Waals surface area contributed by atoms with E-state index in [1.165, 1.54) is 0 Å². The van der Waals surface area contributed by atoms with Gasteiger partial charge in [-0.2, -0.15) is 0 Å². The highest BCUT2D eigenvalue weighted by Gasteiger charge is 2.09. The minimum Gasteiger partial charge on any atom is -0.383 e. The first kappa shape index (κ1) is 17.2. The predicted octanol–water partition coefficient (Wildman–Crippen LogP) is 0.161. The Hall–Kier alpha value is -0.850. The van der Waals surface area contributed by atoms with Gasteiger partial charge in [-0.15, -0.1) is 0 Å². The molecule has 6 nitrogen and oxygen atoms in total. The number of likely N-dealkylation sites (N-methyl/N-ethyl adjacent to an activating group) is 1. The van der Waals surface area contributed by atoms with E-state index in [0.29, 0.717) is 12.6 Å². The van der Waals surface area contributed by atoms with Crippen LogP contribution in [0.25, 0.3) is 0 Å². The summed E-state index contributed by atoms with van der Waals surface area (Å²) >= 11 is 0. The molecule has 0 aliphatic heterocycles. The van der Waals surface area contributed by atoms with Gasteiger partial charge in [-0.3, -0.25) is 5.43 Å². The fourth-order valence-electron chi connectivity index (χ4n) is 1.76. The standard InChI is InChI=1S/C12H29N5O/c1-6-17(7-2)8-10(3)14-12(16-13)15-11(4)9-18-5/h10-11H,6-9,13H2,1-5H3,(H2,14,15,16). The second-order valence-electron chi connectivity index (χ2n) is 4.46. The Bertz CT molecular complexity index is 231. The van der Waals surface area contributed by atoms with Crippen LogP contribution in [0, 0.1) is 0 Å². The summed E-state index contributed by atoms with van der Waals surface area (Å²) in [5.41, 5.74) is 2.60. The molecule has 4 N–H and O–H groups in total. The number of ether oxygens (including phenoxy) is 1. The van der Waals surface area contributed by atoms with E-state index in [1.807, 2.05) is 6.92 Å². The van der Waals surface area contributed by atoms with Crippen molar-refractivity contribution in [3.05, 3.63) is 0 Å². The molecule has 0 aromatic carbocycles. The van der Waals surface area contributed by atoms with Gasteiger partial charge in [0.2, 0.25) is 5.96 Å². The van der Waals surface area contributed by atoms with E-state index in [9.17, 15) is 0 Å². The Kier molecular flexibility index (Phi) is 9.63. The summed E-state index contributed by atoms with van der Waals surface area (Å²) in [4.78, 5) is 6.86. The summed E-state index contributed by atoms with van der Waals surface area (Å²) in [7, 11) is 1.67. The van der Waals surface area contributed by atoms with Crippen LogP contribution in [-0.2, 0) is 4.74 Å². The summed E-state index contributed by atoms with van der Waals surface area (Å²) in [5.74, 6) is 6.07. The van der Waals surface area contributed by atoms with Crippen LogP contribution in [0.5, 0.6) is 0 Å². The summed E-state index contributed by atoms with van der Waals surface area (Å²) in [6, 6.07) is 0.364. The number of methoxy groups -OCH3 is 1. The molecule has 0 fully saturated rings. The maximum atomic E-state index is 5.46. The third-order valence-electron chi connectivity index (χ3n) is 2.70. The second-order valence-corrected chi connectivity index (χ2v) is 4.46. The molecule has 0 radical (unpaired) electrons. The number of nitrogens with zero attached hydrogens (tertiary/aromatic N) is 2. The molecule has 108 valence electrons. The van der Waals surface area contributed by atoms with Crippen LogP contribution < -0.4 is 16.6 Å². The Balaban J connectivity index is 4.30. The van der Waals surface area contributed by atoms with Gasteiger partial charge in [0.25, 0.3) is 0 Å². The van der Waals surface area contributed by atoms with Gasteiger partial charge >= 0.3 is 0 Å². The van der Waals surface area contributed by atoms with Gasteiger partial charge < -0.3 is 15.0 Å². The lowest BCUT2D eigenvalue weighted by molar-refractivity contribution is 0.179. The molecule has 0 rings (SSSR count). The van der Waals surface area contributed by atoms with Crippen molar-refractivity contribution < 1.29 is 4.74 Å². The van der Waals surface area contributed by atoms with E-state index in [2.05, 4.69) is 41.4 Å². The van der Waals surface area contributed by atoms with Crippen molar-refractivity contribution in [2.24, 2.45) is 10.8 Å². The van der Waals surface area contributed by atoms with E-state index in [1.54, 1.807) is 7.11 Å². The van der Waals surface area contributed by atoms with Gasteiger partial charge in [-0.1, -0.05) is 13.8 Å². The molecule has 0 spiro atoms. The maximum absolute atomic E-state index is 5.46. The van der Waals surface area contributed by atoms with Crippen LogP contribution in [0.2, 0.25) is 0 Å². The maximum Gasteiger partial charge on any atom is 0.206 e. The van der Waals surface area contributed by atoms with Crippen molar-refractivity contribution in [1.29, 1.82) is 0 Å². The number of guanidine groups is 1. The Labute approximate surface area is 111 Å². The first-order valence-electron chi connectivity index (χ1n) is 6.59. The zero-order chi connectivity index (χ0) is 14.0. The minimum atomic E-state index is 0.172. The summed E-state index contributed by atoms with van der Waals surface area (Å²) < 4.78 is 5.06. The topological polar surface area (TPSA) is 74.9 Å². The summed E-state index contributed by atoms with van der Waals surface area (Å²) in [6.07, 6.45) is 0. The lowest BCUT2D eigenvalue weighted by atomic mass is 10.3. The highest BCUT2D eigenvalue weighted by Crippen LogP contribution is 1.96. The molecule has 0 saturated carbocycles.